The second-order valence-electron chi connectivity index (χ2n) is 7.01. The molecule has 0 saturated carbocycles. The van der Waals surface area contributed by atoms with Gasteiger partial charge in [0.15, 0.2) is 0 Å². The molecule has 3 nitrogen and oxygen atoms in total. The molecule has 0 radical (unpaired) electrons. The molecule has 1 atom stereocenters. The highest BCUT2D eigenvalue weighted by molar-refractivity contribution is 4.86. The van der Waals surface area contributed by atoms with Gasteiger partial charge in [-0.15, -0.1) is 0 Å². The monoisotopic (exact) mass is 270 g/mol. The van der Waals surface area contributed by atoms with Crippen LogP contribution in [0.5, 0.6) is 0 Å². The van der Waals surface area contributed by atoms with E-state index in [0.29, 0.717) is 5.41 Å². The first-order valence-corrected chi connectivity index (χ1v) is 8.06. The van der Waals surface area contributed by atoms with Crippen molar-refractivity contribution in [2.75, 3.05) is 32.7 Å². The first kappa shape index (κ1) is 16.9. The van der Waals surface area contributed by atoms with Gasteiger partial charge in [0.2, 0.25) is 0 Å². The predicted molar refractivity (Wildman–Crippen MR) is 82.5 cm³/mol. The van der Waals surface area contributed by atoms with Gasteiger partial charge in [-0.3, -0.25) is 0 Å². The van der Waals surface area contributed by atoms with Crippen molar-refractivity contribution < 1.29 is 5.11 Å². The van der Waals surface area contributed by atoms with Gasteiger partial charge in [0.05, 0.1) is 5.60 Å². The molecule has 0 aromatic heterocycles. The topological polar surface area (TPSA) is 35.5 Å². The van der Waals surface area contributed by atoms with Gasteiger partial charge in [0.25, 0.3) is 0 Å². The zero-order valence-corrected chi connectivity index (χ0v) is 13.5. The van der Waals surface area contributed by atoms with Gasteiger partial charge in [0, 0.05) is 26.2 Å². The van der Waals surface area contributed by atoms with Crippen LogP contribution in [0, 0.1) is 5.41 Å². The molecule has 0 amide bonds. The second kappa shape index (κ2) is 7.61. The van der Waals surface area contributed by atoms with E-state index < -0.39 is 5.60 Å². The van der Waals surface area contributed by atoms with Crippen LogP contribution in [0.4, 0.5) is 0 Å². The van der Waals surface area contributed by atoms with Crippen molar-refractivity contribution in [1.29, 1.82) is 0 Å². The van der Waals surface area contributed by atoms with Crippen molar-refractivity contribution in [3.63, 3.8) is 0 Å². The summed E-state index contributed by atoms with van der Waals surface area (Å²) in [6.45, 7) is 14.4. The maximum Gasteiger partial charge on any atom is 0.0644 e. The summed E-state index contributed by atoms with van der Waals surface area (Å²) in [5.74, 6) is 0. The minimum absolute atomic E-state index is 0.368. The van der Waals surface area contributed by atoms with E-state index in [1.54, 1.807) is 0 Å². The summed E-state index contributed by atoms with van der Waals surface area (Å²) in [5, 5.41) is 13.6. The minimum atomic E-state index is -0.432. The van der Waals surface area contributed by atoms with Crippen molar-refractivity contribution in [2.24, 2.45) is 5.41 Å². The fraction of sp³-hybridized carbons (Fsp3) is 1.00. The Bertz CT molecular complexity index is 245. The van der Waals surface area contributed by atoms with E-state index in [2.05, 4.69) is 31.0 Å². The van der Waals surface area contributed by atoms with Crippen molar-refractivity contribution in [3.8, 4) is 0 Å². The molecule has 1 heterocycles. The first-order chi connectivity index (χ1) is 8.91. The third kappa shape index (κ3) is 6.24. The molecule has 1 aliphatic heterocycles. The van der Waals surface area contributed by atoms with E-state index in [1.165, 1.54) is 19.3 Å². The van der Waals surface area contributed by atoms with Crippen LogP contribution in [0.2, 0.25) is 0 Å². The molecule has 19 heavy (non-hydrogen) atoms. The van der Waals surface area contributed by atoms with Crippen LogP contribution in [0.15, 0.2) is 0 Å². The van der Waals surface area contributed by atoms with Gasteiger partial charge in [-0.25, -0.2) is 0 Å². The lowest BCUT2D eigenvalue weighted by molar-refractivity contribution is -0.0153. The molecule has 2 N–H and O–H groups in total. The molecule has 0 bridgehead atoms. The van der Waals surface area contributed by atoms with Gasteiger partial charge >= 0.3 is 0 Å². The van der Waals surface area contributed by atoms with Crippen LogP contribution in [-0.2, 0) is 0 Å². The van der Waals surface area contributed by atoms with Crippen LogP contribution in [0.25, 0.3) is 0 Å². The lowest BCUT2D eigenvalue weighted by atomic mass is 9.83. The maximum absolute atomic E-state index is 10.0. The number of aliphatic hydroxyl groups is 1. The van der Waals surface area contributed by atoms with Crippen LogP contribution in [0.3, 0.4) is 0 Å². The average molecular weight is 270 g/mol. The quantitative estimate of drug-likeness (QED) is 0.666. The second-order valence-corrected chi connectivity index (χ2v) is 7.01. The molecular formula is C16H34N2O. The minimum Gasteiger partial charge on any atom is -0.390 e. The summed E-state index contributed by atoms with van der Waals surface area (Å²) in [5.41, 5.74) is -0.0643. The van der Waals surface area contributed by atoms with Crippen LogP contribution in [0.1, 0.15) is 59.8 Å². The Balaban J connectivity index is 2.44. The molecule has 1 rings (SSSR count). The van der Waals surface area contributed by atoms with Gasteiger partial charge < -0.3 is 15.3 Å². The molecule has 0 aliphatic carbocycles. The van der Waals surface area contributed by atoms with Crippen LogP contribution in [-0.4, -0.2) is 48.3 Å². The first-order valence-electron chi connectivity index (χ1n) is 8.06. The molecule has 3 heteroatoms. The average Bonchev–Trinajstić information content (AvgIpc) is 2.33. The maximum atomic E-state index is 10.0. The van der Waals surface area contributed by atoms with E-state index in [0.717, 1.165) is 45.6 Å². The third-order valence-corrected chi connectivity index (χ3v) is 4.37. The van der Waals surface area contributed by atoms with Gasteiger partial charge in [0.1, 0.15) is 0 Å². The van der Waals surface area contributed by atoms with Crippen LogP contribution < -0.4 is 5.32 Å². The summed E-state index contributed by atoms with van der Waals surface area (Å²) in [7, 11) is 0. The zero-order valence-electron chi connectivity index (χ0n) is 13.5. The molecule has 1 unspecified atom stereocenters. The number of nitrogens with zero attached hydrogens (tertiary/aromatic N) is 1. The molecule has 1 fully saturated rings. The van der Waals surface area contributed by atoms with Gasteiger partial charge in [-0.1, -0.05) is 27.2 Å². The van der Waals surface area contributed by atoms with E-state index in [9.17, 15) is 5.11 Å². The van der Waals surface area contributed by atoms with E-state index >= 15 is 0 Å². The SMILES string of the molecule is CCCNCC(C)(CCC)CN1CCC(C)(O)CC1. The molecule has 1 aliphatic rings. The summed E-state index contributed by atoms with van der Waals surface area (Å²) in [4.78, 5) is 2.54. The predicted octanol–water partition coefficient (Wildman–Crippen LogP) is 2.64. The van der Waals surface area contributed by atoms with E-state index in [1.807, 2.05) is 6.92 Å². The Hall–Kier alpha value is -0.120. The Labute approximate surface area is 119 Å². The summed E-state index contributed by atoms with van der Waals surface area (Å²) >= 11 is 0. The lowest BCUT2D eigenvalue weighted by Crippen LogP contribution is -2.48. The Morgan fingerprint density at radius 2 is 1.84 bits per heavy atom. The summed E-state index contributed by atoms with van der Waals surface area (Å²) in [6.07, 6.45) is 5.55. The van der Waals surface area contributed by atoms with Crippen molar-refractivity contribution in [3.05, 3.63) is 0 Å². The van der Waals surface area contributed by atoms with Crippen molar-refractivity contribution in [1.82, 2.24) is 10.2 Å². The highest BCUT2D eigenvalue weighted by Crippen LogP contribution is 2.28. The molecule has 0 aromatic rings. The number of nitrogens with one attached hydrogen (secondary N) is 1. The zero-order chi connectivity index (χ0) is 14.4. The number of rotatable bonds is 8. The fourth-order valence-electron chi connectivity index (χ4n) is 3.13. The van der Waals surface area contributed by atoms with E-state index in [4.69, 9.17) is 0 Å². The van der Waals surface area contributed by atoms with Crippen molar-refractivity contribution >= 4 is 0 Å². The third-order valence-electron chi connectivity index (χ3n) is 4.37. The fourth-order valence-corrected chi connectivity index (χ4v) is 3.13. The highest BCUT2D eigenvalue weighted by atomic mass is 16.3. The highest BCUT2D eigenvalue weighted by Gasteiger charge is 2.31. The summed E-state index contributed by atoms with van der Waals surface area (Å²) in [6, 6.07) is 0. The number of hydrogen-bond acceptors (Lipinski definition) is 3. The van der Waals surface area contributed by atoms with Crippen LogP contribution >= 0.6 is 0 Å². The molecule has 0 spiro atoms. The Morgan fingerprint density at radius 1 is 1.21 bits per heavy atom. The van der Waals surface area contributed by atoms with Crippen molar-refractivity contribution in [2.45, 2.75) is 65.4 Å². The number of piperidine rings is 1. The Morgan fingerprint density at radius 3 is 2.37 bits per heavy atom. The molecular weight excluding hydrogens is 236 g/mol. The largest absolute Gasteiger partial charge is 0.390 e. The molecule has 0 aromatic carbocycles. The Kier molecular flexibility index (Phi) is 6.78. The molecule has 114 valence electrons. The van der Waals surface area contributed by atoms with Gasteiger partial charge in [-0.2, -0.15) is 0 Å². The van der Waals surface area contributed by atoms with Gasteiger partial charge in [-0.05, 0) is 44.6 Å². The number of hydrogen-bond donors (Lipinski definition) is 2. The van der Waals surface area contributed by atoms with E-state index in [-0.39, 0.29) is 0 Å². The number of likely N-dealkylation sites (tertiary alicyclic amines) is 1. The molecule has 1 saturated heterocycles. The summed E-state index contributed by atoms with van der Waals surface area (Å²) < 4.78 is 0. The standard InChI is InChI=1S/C16H34N2O/c1-5-7-15(3,13-17-10-6-2)14-18-11-8-16(4,19)9-12-18/h17,19H,5-14H2,1-4H3. The smallest absolute Gasteiger partial charge is 0.0644 e. The normalized spacial score (nSPS) is 23.2. The lowest BCUT2D eigenvalue weighted by Gasteiger charge is -2.41.